The third kappa shape index (κ3) is 11.6. The summed E-state index contributed by atoms with van der Waals surface area (Å²) >= 11 is 6.20. The van der Waals surface area contributed by atoms with E-state index in [1.54, 1.807) is 6.08 Å². The molecule has 0 aliphatic carbocycles. The molecule has 0 rings (SSSR count). The first kappa shape index (κ1) is 20.2. The minimum atomic E-state index is -0.264. The molecular weight excluding hydrogens is 284 g/mol. The Bertz CT molecular complexity index is 375. The van der Waals surface area contributed by atoms with E-state index >= 15 is 0 Å². The third-order valence-corrected chi connectivity index (χ3v) is 3.73. The molecule has 0 bridgehead atoms. The lowest BCUT2D eigenvalue weighted by Gasteiger charge is -2.16. The zero-order chi connectivity index (χ0) is 16.5. The van der Waals surface area contributed by atoms with Crippen LogP contribution in [0.2, 0.25) is 0 Å². The number of carbonyl (C=O) groups is 1. The fourth-order valence-electron chi connectivity index (χ4n) is 2.00. The fraction of sp³-hybridized carbons (Fsp3) is 0.722. The summed E-state index contributed by atoms with van der Waals surface area (Å²) in [4.78, 5) is 11.3. The molecule has 3 heteroatoms. The Kier molecular flexibility index (Phi) is 9.68. The highest BCUT2D eigenvalue weighted by atomic mass is 35.5. The van der Waals surface area contributed by atoms with Crippen molar-refractivity contribution in [2.75, 3.05) is 6.61 Å². The molecule has 1 atom stereocenters. The predicted molar refractivity (Wildman–Crippen MR) is 91.7 cm³/mol. The van der Waals surface area contributed by atoms with E-state index in [0.29, 0.717) is 12.5 Å². The van der Waals surface area contributed by atoms with Crippen LogP contribution in [0.15, 0.2) is 23.3 Å². The summed E-state index contributed by atoms with van der Waals surface area (Å²) in [5.74, 6) is 0.370. The van der Waals surface area contributed by atoms with Gasteiger partial charge in [0, 0.05) is 11.0 Å². The summed E-state index contributed by atoms with van der Waals surface area (Å²) in [5, 5.41) is 0. The van der Waals surface area contributed by atoms with Crippen molar-refractivity contribution in [3.05, 3.63) is 23.3 Å². The average molecular weight is 315 g/mol. The lowest BCUT2D eigenvalue weighted by molar-refractivity contribution is -0.137. The van der Waals surface area contributed by atoms with Gasteiger partial charge in [-0.25, -0.2) is 4.79 Å². The Morgan fingerprint density at radius 2 is 1.90 bits per heavy atom. The summed E-state index contributed by atoms with van der Waals surface area (Å²) in [6.45, 7) is 12.6. The van der Waals surface area contributed by atoms with E-state index in [4.69, 9.17) is 16.3 Å². The molecule has 2 nitrogen and oxygen atoms in total. The smallest absolute Gasteiger partial charge is 0.331 e. The Balaban J connectivity index is 4.23. The lowest BCUT2D eigenvalue weighted by atomic mass is 9.95. The highest BCUT2D eigenvalue weighted by Gasteiger charge is 2.13. The normalized spacial score (nSPS) is 15.0. The van der Waals surface area contributed by atoms with Crippen molar-refractivity contribution in [3.63, 3.8) is 0 Å². The Hall–Kier alpha value is -0.760. The molecule has 0 aromatic heterocycles. The Labute approximate surface area is 135 Å². The number of ether oxygens (including phenoxy) is 1. The first-order valence-corrected chi connectivity index (χ1v) is 8.24. The number of alkyl halides is 1. The standard InChI is InChI=1S/C18H31ClO2/c1-7-21-17(20)13-16(4)15(3)11-10-14(2)9-8-12-18(5,6)19/h11,13-14H,7-10,12H2,1-6H3/b15-11+,16-13+. The summed E-state index contributed by atoms with van der Waals surface area (Å²) in [7, 11) is 0. The molecule has 122 valence electrons. The third-order valence-electron chi connectivity index (χ3n) is 3.54. The van der Waals surface area contributed by atoms with Crippen molar-refractivity contribution in [1.82, 2.24) is 0 Å². The molecule has 0 aromatic rings. The molecule has 0 fully saturated rings. The van der Waals surface area contributed by atoms with Crippen LogP contribution < -0.4 is 0 Å². The first-order valence-electron chi connectivity index (χ1n) is 7.86. The first-order chi connectivity index (χ1) is 9.65. The van der Waals surface area contributed by atoms with Crippen LogP contribution in [0, 0.1) is 5.92 Å². The van der Waals surface area contributed by atoms with Crippen LogP contribution in [0.5, 0.6) is 0 Å². The zero-order valence-corrected chi connectivity index (χ0v) is 15.2. The zero-order valence-electron chi connectivity index (χ0n) is 14.5. The molecule has 0 radical (unpaired) electrons. The van der Waals surface area contributed by atoms with Crippen LogP contribution in [0.3, 0.4) is 0 Å². The van der Waals surface area contributed by atoms with Gasteiger partial charge < -0.3 is 4.74 Å². The van der Waals surface area contributed by atoms with Crippen LogP contribution in [0.1, 0.15) is 67.2 Å². The van der Waals surface area contributed by atoms with Gasteiger partial charge in [0.2, 0.25) is 0 Å². The molecule has 0 saturated heterocycles. The fourth-order valence-corrected chi connectivity index (χ4v) is 2.14. The second-order valence-corrected chi connectivity index (χ2v) is 7.44. The SMILES string of the molecule is CCOC(=O)/C=C(C)/C(C)=C/CC(C)CCCC(C)(C)Cl. The van der Waals surface area contributed by atoms with Crippen molar-refractivity contribution in [3.8, 4) is 0 Å². The van der Waals surface area contributed by atoms with Crippen LogP contribution >= 0.6 is 11.6 Å². The number of esters is 1. The molecule has 0 aliphatic heterocycles. The van der Waals surface area contributed by atoms with E-state index < -0.39 is 0 Å². The van der Waals surface area contributed by atoms with Gasteiger partial charge in [-0.15, -0.1) is 11.6 Å². The maximum Gasteiger partial charge on any atom is 0.331 e. The van der Waals surface area contributed by atoms with E-state index in [2.05, 4.69) is 26.8 Å². The Morgan fingerprint density at radius 3 is 2.43 bits per heavy atom. The number of carbonyl (C=O) groups excluding carboxylic acids is 1. The second-order valence-electron chi connectivity index (χ2n) is 6.42. The van der Waals surface area contributed by atoms with Gasteiger partial charge in [0.05, 0.1) is 6.61 Å². The van der Waals surface area contributed by atoms with E-state index in [1.165, 1.54) is 6.42 Å². The molecule has 21 heavy (non-hydrogen) atoms. The van der Waals surface area contributed by atoms with Crippen molar-refractivity contribution in [1.29, 1.82) is 0 Å². The number of allylic oxidation sites excluding steroid dienone is 3. The van der Waals surface area contributed by atoms with E-state index in [9.17, 15) is 4.79 Å². The van der Waals surface area contributed by atoms with Gasteiger partial charge in [0.15, 0.2) is 0 Å². The summed E-state index contributed by atoms with van der Waals surface area (Å²) < 4.78 is 4.92. The van der Waals surface area contributed by atoms with Gasteiger partial charge >= 0.3 is 5.97 Å². The van der Waals surface area contributed by atoms with Gasteiger partial charge in [-0.3, -0.25) is 0 Å². The largest absolute Gasteiger partial charge is 0.463 e. The maximum atomic E-state index is 11.4. The van der Waals surface area contributed by atoms with Gasteiger partial charge in [-0.2, -0.15) is 0 Å². The second kappa shape index (κ2) is 10.0. The summed E-state index contributed by atoms with van der Waals surface area (Å²) in [6.07, 6.45) is 8.19. The van der Waals surface area contributed by atoms with Crippen LogP contribution in [0.25, 0.3) is 0 Å². The quantitative estimate of drug-likeness (QED) is 0.238. The maximum absolute atomic E-state index is 11.4. The molecule has 0 saturated carbocycles. The topological polar surface area (TPSA) is 26.3 Å². The monoisotopic (exact) mass is 314 g/mol. The van der Waals surface area contributed by atoms with E-state index in [-0.39, 0.29) is 10.8 Å². The van der Waals surface area contributed by atoms with Crippen molar-refractivity contribution < 1.29 is 9.53 Å². The van der Waals surface area contributed by atoms with Gasteiger partial charge in [0.25, 0.3) is 0 Å². The van der Waals surface area contributed by atoms with E-state index in [0.717, 1.165) is 30.4 Å². The van der Waals surface area contributed by atoms with Crippen molar-refractivity contribution in [2.24, 2.45) is 5.92 Å². The molecule has 0 amide bonds. The molecule has 0 N–H and O–H groups in total. The Morgan fingerprint density at radius 1 is 1.29 bits per heavy atom. The highest BCUT2D eigenvalue weighted by molar-refractivity contribution is 6.23. The average Bonchev–Trinajstić information content (AvgIpc) is 2.34. The van der Waals surface area contributed by atoms with Gasteiger partial charge in [-0.05, 0) is 59.0 Å². The molecule has 0 aromatic carbocycles. The number of hydrogen-bond acceptors (Lipinski definition) is 2. The van der Waals surface area contributed by atoms with E-state index in [1.807, 2.05) is 20.8 Å². The summed E-state index contributed by atoms with van der Waals surface area (Å²) in [5.41, 5.74) is 2.12. The minimum Gasteiger partial charge on any atom is -0.463 e. The highest BCUT2D eigenvalue weighted by Crippen LogP contribution is 2.23. The summed E-state index contributed by atoms with van der Waals surface area (Å²) in [6, 6.07) is 0. The molecule has 1 unspecified atom stereocenters. The van der Waals surface area contributed by atoms with Crippen LogP contribution in [-0.4, -0.2) is 17.5 Å². The minimum absolute atomic E-state index is 0.0928. The van der Waals surface area contributed by atoms with Crippen LogP contribution in [-0.2, 0) is 9.53 Å². The lowest BCUT2D eigenvalue weighted by Crippen LogP contribution is -2.10. The molecule has 0 spiro atoms. The molecular formula is C18H31ClO2. The number of halogens is 1. The molecule has 0 heterocycles. The predicted octanol–water partition coefficient (Wildman–Crippen LogP) is 5.66. The van der Waals surface area contributed by atoms with Gasteiger partial charge in [0.1, 0.15) is 0 Å². The van der Waals surface area contributed by atoms with Gasteiger partial charge in [-0.1, -0.05) is 31.4 Å². The number of rotatable bonds is 9. The molecule has 0 aliphatic rings. The van der Waals surface area contributed by atoms with Crippen LogP contribution in [0.4, 0.5) is 0 Å². The van der Waals surface area contributed by atoms with Crippen molar-refractivity contribution in [2.45, 2.75) is 72.1 Å². The number of hydrogen-bond donors (Lipinski definition) is 0. The van der Waals surface area contributed by atoms with Crippen molar-refractivity contribution >= 4 is 17.6 Å².